The highest BCUT2D eigenvalue weighted by molar-refractivity contribution is 7.14. The van der Waals surface area contributed by atoms with E-state index in [1.54, 1.807) is 18.2 Å². The van der Waals surface area contributed by atoms with Gasteiger partial charge < -0.3 is 15.1 Å². The lowest BCUT2D eigenvalue weighted by molar-refractivity contribution is -0.117. The Bertz CT molecular complexity index is 990. The number of hydrogen-bond donors (Lipinski definition) is 2. The van der Waals surface area contributed by atoms with Crippen molar-refractivity contribution in [3.63, 3.8) is 0 Å². The molecular weight excluding hydrogens is 374 g/mol. The average Bonchev–Trinajstić information content (AvgIpc) is 3.34. The number of thiazole rings is 1. The molecule has 0 radical (unpaired) electrons. The molecule has 2 heterocycles. The summed E-state index contributed by atoms with van der Waals surface area (Å²) >= 11 is 1.38. The van der Waals surface area contributed by atoms with Crippen LogP contribution in [0.5, 0.6) is 0 Å². The Morgan fingerprint density at radius 1 is 1.21 bits per heavy atom. The first kappa shape index (κ1) is 19.6. The van der Waals surface area contributed by atoms with Crippen LogP contribution in [-0.4, -0.2) is 23.3 Å². The highest BCUT2D eigenvalue weighted by Crippen LogP contribution is 2.26. The number of nitrogens with zero attached hydrogens (tertiary/aromatic N) is 1. The Morgan fingerprint density at radius 2 is 2.07 bits per heavy atom. The predicted molar refractivity (Wildman–Crippen MR) is 111 cm³/mol. The number of anilines is 1. The summed E-state index contributed by atoms with van der Waals surface area (Å²) in [5, 5.41) is 7.89. The molecular formula is C21H21N3O3S. The molecule has 3 aromatic rings. The van der Waals surface area contributed by atoms with Crippen molar-refractivity contribution < 1.29 is 14.0 Å². The van der Waals surface area contributed by atoms with Gasteiger partial charge in [0, 0.05) is 30.0 Å². The molecule has 144 valence electrons. The van der Waals surface area contributed by atoms with Crippen molar-refractivity contribution >= 4 is 34.4 Å². The third-order valence-electron chi connectivity index (χ3n) is 4.15. The van der Waals surface area contributed by atoms with Gasteiger partial charge in [-0.25, -0.2) is 4.98 Å². The monoisotopic (exact) mass is 395 g/mol. The number of aryl methyl sites for hydroxylation is 2. The van der Waals surface area contributed by atoms with Gasteiger partial charge in [0.15, 0.2) is 5.13 Å². The SMILES string of the molecule is Cc1ccc(-c2csc(NC(=O)CCNC(=O)/C=C/c3ccco3)n2)cc1C. The summed E-state index contributed by atoms with van der Waals surface area (Å²) in [6.45, 7) is 4.37. The highest BCUT2D eigenvalue weighted by Gasteiger charge is 2.09. The molecule has 0 aliphatic heterocycles. The van der Waals surface area contributed by atoms with Gasteiger partial charge >= 0.3 is 0 Å². The van der Waals surface area contributed by atoms with Crippen molar-refractivity contribution in [2.75, 3.05) is 11.9 Å². The Hall–Kier alpha value is -3.19. The summed E-state index contributed by atoms with van der Waals surface area (Å²) < 4.78 is 5.10. The molecule has 3 rings (SSSR count). The fourth-order valence-electron chi connectivity index (χ4n) is 2.45. The summed E-state index contributed by atoms with van der Waals surface area (Å²) in [7, 11) is 0. The lowest BCUT2D eigenvalue weighted by Gasteiger charge is -2.03. The van der Waals surface area contributed by atoms with Crippen LogP contribution in [0.25, 0.3) is 17.3 Å². The quantitative estimate of drug-likeness (QED) is 0.588. The number of aromatic nitrogens is 1. The van der Waals surface area contributed by atoms with Gasteiger partial charge in [-0.1, -0.05) is 12.1 Å². The minimum Gasteiger partial charge on any atom is -0.465 e. The minimum atomic E-state index is -0.282. The molecule has 0 spiro atoms. The van der Waals surface area contributed by atoms with Crippen LogP contribution in [0, 0.1) is 13.8 Å². The molecule has 0 unspecified atom stereocenters. The maximum Gasteiger partial charge on any atom is 0.244 e. The largest absolute Gasteiger partial charge is 0.465 e. The zero-order valence-electron chi connectivity index (χ0n) is 15.7. The lowest BCUT2D eigenvalue weighted by Crippen LogP contribution is -2.26. The van der Waals surface area contributed by atoms with Gasteiger partial charge in [-0.3, -0.25) is 9.59 Å². The molecule has 1 aromatic carbocycles. The maximum atomic E-state index is 12.1. The second-order valence-electron chi connectivity index (χ2n) is 6.27. The first-order valence-corrected chi connectivity index (χ1v) is 9.71. The molecule has 2 N–H and O–H groups in total. The number of hydrogen-bond acceptors (Lipinski definition) is 5. The zero-order chi connectivity index (χ0) is 19.9. The Balaban J connectivity index is 1.45. The number of carbonyl (C=O) groups is 2. The zero-order valence-corrected chi connectivity index (χ0v) is 16.5. The standard InChI is InChI=1S/C21H21N3O3S/c1-14-5-6-16(12-15(14)2)18-13-28-21(23-18)24-20(26)9-10-22-19(25)8-7-17-4-3-11-27-17/h3-8,11-13H,9-10H2,1-2H3,(H,22,25)(H,23,24,26)/b8-7+. The van der Waals surface area contributed by atoms with E-state index in [1.807, 2.05) is 11.4 Å². The Kier molecular flexibility index (Phi) is 6.39. The molecule has 6 nitrogen and oxygen atoms in total. The predicted octanol–water partition coefficient (Wildman–Crippen LogP) is 4.18. The smallest absolute Gasteiger partial charge is 0.244 e. The van der Waals surface area contributed by atoms with Crippen LogP contribution < -0.4 is 10.6 Å². The number of rotatable bonds is 7. The van der Waals surface area contributed by atoms with Crippen LogP contribution in [0.15, 0.2) is 52.5 Å². The van der Waals surface area contributed by atoms with E-state index in [2.05, 4.69) is 41.6 Å². The van der Waals surface area contributed by atoms with Gasteiger partial charge in [-0.05, 0) is 49.2 Å². The summed E-state index contributed by atoms with van der Waals surface area (Å²) in [4.78, 5) is 28.2. The summed E-state index contributed by atoms with van der Waals surface area (Å²) in [5.74, 6) is 0.114. The van der Waals surface area contributed by atoms with Gasteiger partial charge in [-0.15, -0.1) is 11.3 Å². The van der Waals surface area contributed by atoms with Crippen LogP contribution in [0.2, 0.25) is 0 Å². The molecule has 28 heavy (non-hydrogen) atoms. The number of carbonyl (C=O) groups excluding carboxylic acids is 2. The van der Waals surface area contributed by atoms with Crippen molar-refractivity contribution in [2.45, 2.75) is 20.3 Å². The van der Waals surface area contributed by atoms with Gasteiger partial charge in [0.2, 0.25) is 11.8 Å². The van der Waals surface area contributed by atoms with Crippen molar-refractivity contribution in [3.8, 4) is 11.3 Å². The van der Waals surface area contributed by atoms with Gasteiger partial charge in [0.25, 0.3) is 0 Å². The summed E-state index contributed by atoms with van der Waals surface area (Å²) in [5.41, 5.74) is 4.29. The van der Waals surface area contributed by atoms with Crippen LogP contribution in [0.1, 0.15) is 23.3 Å². The van der Waals surface area contributed by atoms with Crippen LogP contribution >= 0.6 is 11.3 Å². The average molecular weight is 395 g/mol. The molecule has 0 aliphatic carbocycles. The molecule has 2 amide bonds. The molecule has 0 aliphatic rings. The molecule has 2 aromatic heterocycles. The van der Waals surface area contributed by atoms with E-state index in [9.17, 15) is 9.59 Å². The summed E-state index contributed by atoms with van der Waals surface area (Å²) in [6.07, 6.45) is 4.64. The van der Waals surface area contributed by atoms with Crippen LogP contribution in [-0.2, 0) is 9.59 Å². The fraction of sp³-hybridized carbons (Fsp3) is 0.190. The highest BCUT2D eigenvalue weighted by atomic mass is 32.1. The van der Waals surface area contributed by atoms with Crippen LogP contribution in [0.3, 0.4) is 0 Å². The van der Waals surface area contributed by atoms with Gasteiger partial charge in [0.05, 0.1) is 12.0 Å². The second kappa shape index (κ2) is 9.14. The Labute approximate surface area is 167 Å². The second-order valence-corrected chi connectivity index (χ2v) is 7.13. The minimum absolute atomic E-state index is 0.166. The van der Waals surface area contributed by atoms with E-state index in [0.29, 0.717) is 10.9 Å². The normalized spacial score (nSPS) is 10.9. The third-order valence-corrected chi connectivity index (χ3v) is 4.90. The topological polar surface area (TPSA) is 84.2 Å². The van der Waals surface area contributed by atoms with Gasteiger partial charge in [0.1, 0.15) is 5.76 Å². The molecule has 0 saturated heterocycles. The first-order valence-electron chi connectivity index (χ1n) is 8.83. The molecule has 7 heteroatoms. The van der Waals surface area contributed by atoms with E-state index in [0.717, 1.165) is 11.3 Å². The van der Waals surface area contributed by atoms with E-state index in [1.165, 1.54) is 34.8 Å². The first-order chi connectivity index (χ1) is 13.5. The fourth-order valence-corrected chi connectivity index (χ4v) is 3.18. The van der Waals surface area contributed by atoms with Crippen molar-refractivity contribution in [1.82, 2.24) is 10.3 Å². The molecule has 0 fully saturated rings. The molecule has 0 saturated carbocycles. The molecule has 0 bridgehead atoms. The van der Waals surface area contributed by atoms with E-state index >= 15 is 0 Å². The van der Waals surface area contributed by atoms with Crippen molar-refractivity contribution in [1.29, 1.82) is 0 Å². The number of amides is 2. The van der Waals surface area contributed by atoms with Gasteiger partial charge in [-0.2, -0.15) is 0 Å². The van der Waals surface area contributed by atoms with E-state index in [-0.39, 0.29) is 24.8 Å². The van der Waals surface area contributed by atoms with E-state index < -0.39 is 0 Å². The van der Waals surface area contributed by atoms with Crippen LogP contribution in [0.4, 0.5) is 5.13 Å². The number of nitrogens with one attached hydrogen (secondary N) is 2. The Morgan fingerprint density at radius 3 is 2.82 bits per heavy atom. The third kappa shape index (κ3) is 5.40. The van der Waals surface area contributed by atoms with E-state index in [4.69, 9.17) is 4.42 Å². The maximum absolute atomic E-state index is 12.1. The number of benzene rings is 1. The molecule has 0 atom stereocenters. The number of furan rings is 1. The van der Waals surface area contributed by atoms with Crippen molar-refractivity contribution in [2.24, 2.45) is 0 Å². The lowest BCUT2D eigenvalue weighted by atomic mass is 10.1. The summed E-state index contributed by atoms with van der Waals surface area (Å²) in [6, 6.07) is 9.66. The van der Waals surface area contributed by atoms with Crippen molar-refractivity contribution in [3.05, 3.63) is 64.9 Å².